The normalized spacial score (nSPS) is 26.9. The summed E-state index contributed by atoms with van der Waals surface area (Å²) in [5.74, 6) is 2.00. The van der Waals surface area contributed by atoms with Gasteiger partial charge < -0.3 is 20.1 Å². The van der Waals surface area contributed by atoms with E-state index in [-0.39, 0.29) is 23.8 Å². The van der Waals surface area contributed by atoms with Gasteiger partial charge in [-0.3, -0.25) is 9.59 Å². The van der Waals surface area contributed by atoms with Crippen molar-refractivity contribution in [1.82, 2.24) is 20.7 Å². The SMILES string of the molecule is CC1CN(C(=O)CC2CCNCC2)CC1NC(=O)c1cc(C2CC2)on1. The van der Waals surface area contributed by atoms with E-state index in [0.717, 1.165) is 44.5 Å². The fourth-order valence-electron chi connectivity index (χ4n) is 4.02. The van der Waals surface area contributed by atoms with Crippen LogP contribution in [0.1, 0.15) is 61.2 Å². The standard InChI is InChI=1S/C19H28N4O3/c1-12-10-23(18(24)8-13-4-6-20-7-5-13)11-16(12)21-19(25)15-9-17(26-22-15)14-2-3-14/h9,12-14,16,20H,2-8,10-11H2,1H3,(H,21,25). The highest BCUT2D eigenvalue weighted by atomic mass is 16.5. The second kappa shape index (κ2) is 7.39. The topological polar surface area (TPSA) is 87.5 Å². The van der Waals surface area contributed by atoms with Crippen molar-refractivity contribution >= 4 is 11.8 Å². The number of likely N-dealkylation sites (tertiary alicyclic amines) is 1. The summed E-state index contributed by atoms with van der Waals surface area (Å²) in [6.07, 6.45) is 5.01. The molecule has 3 fully saturated rings. The molecule has 0 bridgehead atoms. The molecule has 3 aliphatic rings. The molecule has 7 nitrogen and oxygen atoms in total. The number of hydrogen-bond donors (Lipinski definition) is 2. The van der Waals surface area contributed by atoms with Crippen LogP contribution < -0.4 is 10.6 Å². The van der Waals surface area contributed by atoms with Gasteiger partial charge in [-0.05, 0) is 50.6 Å². The monoisotopic (exact) mass is 360 g/mol. The third-order valence-electron chi connectivity index (χ3n) is 5.94. The molecule has 3 heterocycles. The average molecular weight is 360 g/mol. The van der Waals surface area contributed by atoms with Gasteiger partial charge >= 0.3 is 0 Å². The summed E-state index contributed by atoms with van der Waals surface area (Å²) in [5.41, 5.74) is 0.346. The number of aromatic nitrogens is 1. The van der Waals surface area contributed by atoms with Gasteiger partial charge in [0.05, 0.1) is 6.04 Å². The van der Waals surface area contributed by atoms with Gasteiger partial charge in [-0.2, -0.15) is 0 Å². The van der Waals surface area contributed by atoms with Crippen LogP contribution in [-0.2, 0) is 4.79 Å². The Balaban J connectivity index is 1.29. The average Bonchev–Trinajstić information content (AvgIpc) is 3.25. The molecule has 2 N–H and O–H groups in total. The maximum Gasteiger partial charge on any atom is 0.273 e. The number of piperidine rings is 1. The number of nitrogens with zero attached hydrogens (tertiary/aromatic N) is 2. The predicted molar refractivity (Wildman–Crippen MR) is 95.7 cm³/mol. The van der Waals surface area contributed by atoms with E-state index in [1.54, 1.807) is 6.07 Å². The Kier molecular flexibility index (Phi) is 4.98. The Morgan fingerprint density at radius 2 is 2.04 bits per heavy atom. The molecule has 2 atom stereocenters. The molecule has 2 saturated heterocycles. The lowest BCUT2D eigenvalue weighted by Crippen LogP contribution is -2.41. The largest absolute Gasteiger partial charge is 0.360 e. The maximum atomic E-state index is 12.6. The van der Waals surface area contributed by atoms with E-state index in [1.807, 2.05) is 4.90 Å². The lowest BCUT2D eigenvalue weighted by atomic mass is 9.94. The third kappa shape index (κ3) is 3.92. The van der Waals surface area contributed by atoms with E-state index >= 15 is 0 Å². The van der Waals surface area contributed by atoms with Crippen molar-refractivity contribution in [3.8, 4) is 0 Å². The van der Waals surface area contributed by atoms with Crippen molar-refractivity contribution in [2.24, 2.45) is 11.8 Å². The zero-order valence-electron chi connectivity index (χ0n) is 15.4. The van der Waals surface area contributed by atoms with Crippen LogP contribution in [0.5, 0.6) is 0 Å². The van der Waals surface area contributed by atoms with Gasteiger partial charge in [-0.25, -0.2) is 0 Å². The number of hydrogen-bond acceptors (Lipinski definition) is 5. The highest BCUT2D eigenvalue weighted by Gasteiger charge is 2.35. The molecule has 2 aliphatic heterocycles. The van der Waals surface area contributed by atoms with E-state index in [1.165, 1.54) is 0 Å². The van der Waals surface area contributed by atoms with Crippen LogP contribution in [0.25, 0.3) is 0 Å². The van der Waals surface area contributed by atoms with E-state index in [2.05, 4.69) is 22.7 Å². The molecule has 0 spiro atoms. The second-order valence-electron chi connectivity index (χ2n) is 8.14. The highest BCUT2D eigenvalue weighted by Crippen LogP contribution is 2.40. The van der Waals surface area contributed by atoms with E-state index in [4.69, 9.17) is 4.52 Å². The van der Waals surface area contributed by atoms with E-state index < -0.39 is 0 Å². The Morgan fingerprint density at radius 1 is 1.27 bits per heavy atom. The molecule has 0 radical (unpaired) electrons. The van der Waals surface area contributed by atoms with Crippen LogP contribution in [0.15, 0.2) is 10.6 Å². The molecule has 142 valence electrons. The molecule has 1 aromatic heterocycles. The number of amides is 2. The summed E-state index contributed by atoms with van der Waals surface area (Å²) in [7, 11) is 0. The van der Waals surface area contributed by atoms with Gasteiger partial charge in [0.2, 0.25) is 5.91 Å². The predicted octanol–water partition coefficient (Wildman–Crippen LogP) is 1.52. The number of carbonyl (C=O) groups excluding carboxylic acids is 2. The first-order valence-corrected chi connectivity index (χ1v) is 9.86. The van der Waals surface area contributed by atoms with Crippen LogP contribution in [-0.4, -0.2) is 54.1 Å². The quantitative estimate of drug-likeness (QED) is 0.831. The summed E-state index contributed by atoms with van der Waals surface area (Å²) in [6.45, 7) is 5.40. The first-order chi connectivity index (χ1) is 12.6. The molecule has 2 unspecified atom stereocenters. The van der Waals surface area contributed by atoms with Crippen LogP contribution >= 0.6 is 0 Å². The molecule has 2 amide bonds. The fourth-order valence-corrected chi connectivity index (χ4v) is 4.02. The van der Waals surface area contributed by atoms with Crippen molar-refractivity contribution in [1.29, 1.82) is 0 Å². The van der Waals surface area contributed by atoms with Crippen molar-refractivity contribution < 1.29 is 14.1 Å². The smallest absolute Gasteiger partial charge is 0.273 e. The molecule has 4 rings (SSSR count). The molecule has 1 aromatic rings. The lowest BCUT2D eigenvalue weighted by molar-refractivity contribution is -0.131. The van der Waals surface area contributed by atoms with Gasteiger partial charge in [0.25, 0.3) is 5.91 Å². The van der Waals surface area contributed by atoms with Gasteiger partial charge in [-0.15, -0.1) is 0 Å². The molecule has 1 saturated carbocycles. The Labute approximate surface area is 153 Å². The number of rotatable bonds is 5. The third-order valence-corrected chi connectivity index (χ3v) is 5.94. The summed E-state index contributed by atoms with van der Waals surface area (Å²) < 4.78 is 5.26. The van der Waals surface area contributed by atoms with Gasteiger partial charge in [-0.1, -0.05) is 12.1 Å². The van der Waals surface area contributed by atoms with Crippen molar-refractivity contribution in [3.63, 3.8) is 0 Å². The fraction of sp³-hybridized carbons (Fsp3) is 0.737. The minimum absolute atomic E-state index is 0.0273. The minimum atomic E-state index is -0.204. The zero-order chi connectivity index (χ0) is 18.1. The molecule has 1 aliphatic carbocycles. The van der Waals surface area contributed by atoms with Crippen LogP contribution in [0.3, 0.4) is 0 Å². The summed E-state index contributed by atoms with van der Waals surface area (Å²) in [6, 6.07) is 1.73. The first-order valence-electron chi connectivity index (χ1n) is 9.86. The summed E-state index contributed by atoms with van der Waals surface area (Å²) >= 11 is 0. The van der Waals surface area contributed by atoms with E-state index in [9.17, 15) is 9.59 Å². The summed E-state index contributed by atoms with van der Waals surface area (Å²) in [5, 5.41) is 10.3. The maximum absolute atomic E-state index is 12.6. The molecule has 0 aromatic carbocycles. The van der Waals surface area contributed by atoms with Crippen molar-refractivity contribution in [3.05, 3.63) is 17.5 Å². The van der Waals surface area contributed by atoms with Gasteiger partial charge in [0.15, 0.2) is 5.69 Å². The van der Waals surface area contributed by atoms with E-state index in [0.29, 0.717) is 37.0 Å². The first kappa shape index (κ1) is 17.5. The van der Waals surface area contributed by atoms with Gasteiger partial charge in [0, 0.05) is 31.5 Å². The van der Waals surface area contributed by atoms with Crippen molar-refractivity contribution in [2.75, 3.05) is 26.2 Å². The van der Waals surface area contributed by atoms with Gasteiger partial charge in [0.1, 0.15) is 5.76 Å². The molecular formula is C19H28N4O3. The number of carbonyl (C=O) groups is 2. The van der Waals surface area contributed by atoms with Crippen LogP contribution in [0, 0.1) is 11.8 Å². The molecule has 7 heteroatoms. The Morgan fingerprint density at radius 3 is 2.77 bits per heavy atom. The minimum Gasteiger partial charge on any atom is -0.360 e. The molecular weight excluding hydrogens is 332 g/mol. The Bertz CT molecular complexity index is 663. The number of nitrogens with one attached hydrogen (secondary N) is 2. The van der Waals surface area contributed by atoms with Crippen LogP contribution in [0.4, 0.5) is 0 Å². The second-order valence-corrected chi connectivity index (χ2v) is 8.14. The summed E-state index contributed by atoms with van der Waals surface area (Å²) in [4.78, 5) is 27.0. The van der Waals surface area contributed by atoms with Crippen LogP contribution in [0.2, 0.25) is 0 Å². The highest BCUT2D eigenvalue weighted by molar-refractivity contribution is 5.92. The van der Waals surface area contributed by atoms with Crippen molar-refractivity contribution in [2.45, 2.75) is 51.0 Å². The zero-order valence-corrected chi connectivity index (χ0v) is 15.4. The molecule has 26 heavy (non-hydrogen) atoms. The lowest BCUT2D eigenvalue weighted by Gasteiger charge is -2.24. The Hall–Kier alpha value is -1.89.